The Balaban J connectivity index is 1.51. The largest absolute Gasteiger partial charge is 0.493 e. The van der Waals surface area contributed by atoms with Crippen LogP contribution in [0.4, 0.5) is 0 Å². The van der Waals surface area contributed by atoms with Crippen LogP contribution in [0.2, 0.25) is 0 Å². The number of hydrogen-bond acceptors (Lipinski definition) is 8. The van der Waals surface area contributed by atoms with Crippen molar-refractivity contribution < 1.29 is 18.9 Å². The van der Waals surface area contributed by atoms with Crippen LogP contribution in [-0.4, -0.2) is 26.4 Å². The molecule has 74 heavy (non-hydrogen) atoms. The lowest BCUT2D eigenvalue weighted by molar-refractivity contribution is 0.289. The van der Waals surface area contributed by atoms with Crippen molar-refractivity contribution >= 4 is 32.3 Å². The van der Waals surface area contributed by atoms with Gasteiger partial charge in [-0.25, -0.2) is 0 Å². The lowest BCUT2D eigenvalue weighted by Crippen LogP contribution is -2.02. The Morgan fingerprint density at radius 2 is 0.608 bits per heavy atom. The highest BCUT2D eigenvalue weighted by molar-refractivity contribution is 6.18. The lowest BCUT2D eigenvalue weighted by Gasteiger charge is -2.19. The normalized spacial score (nSPS) is 11.1. The standard InChI is InChI=1S/C66H80N4O4/c1-5-9-13-17-21-25-29-71-57-36-52(37-58(43-57)72-30-26-22-18-14-10-6-2)65-61-41-51-35-56(47-69)64(48-70)66(62(51)40-50(61)33-49-34-54(45-67)55(46-68)42-63(49)65)53-38-59(73-31-27-23-19-15-11-7-3)44-60(39-53)74-32-28-24-20-16-12-8-4/h33-44H,5-32H2,1-4H3. The zero-order valence-corrected chi connectivity index (χ0v) is 45.1. The highest BCUT2D eigenvalue weighted by Gasteiger charge is 2.22. The Bertz CT molecular complexity index is 2860. The third kappa shape index (κ3) is 16.1. The highest BCUT2D eigenvalue weighted by atomic mass is 16.5. The van der Waals surface area contributed by atoms with E-state index in [4.69, 9.17) is 18.9 Å². The van der Waals surface area contributed by atoms with Gasteiger partial charge in [-0.2, -0.15) is 21.0 Å². The number of fused-ring (bicyclic) bond motifs is 3. The first-order valence-corrected chi connectivity index (χ1v) is 28.4. The summed E-state index contributed by atoms with van der Waals surface area (Å²) in [5, 5.41) is 47.2. The average Bonchev–Trinajstić information content (AvgIpc) is 3.43. The number of nitriles is 4. The van der Waals surface area contributed by atoms with Crippen molar-refractivity contribution in [3.8, 4) is 69.5 Å². The zero-order chi connectivity index (χ0) is 52.3. The van der Waals surface area contributed by atoms with E-state index < -0.39 is 0 Å². The summed E-state index contributed by atoms with van der Waals surface area (Å²) < 4.78 is 26.0. The summed E-state index contributed by atoms with van der Waals surface area (Å²) in [5.74, 6) is 2.73. The molecule has 0 heterocycles. The highest BCUT2D eigenvalue weighted by Crippen LogP contribution is 2.45. The van der Waals surface area contributed by atoms with Gasteiger partial charge in [-0.15, -0.1) is 0 Å². The summed E-state index contributed by atoms with van der Waals surface area (Å²) in [4.78, 5) is 0. The first-order chi connectivity index (χ1) is 36.4. The van der Waals surface area contributed by atoms with Crippen LogP contribution in [0.3, 0.4) is 0 Å². The van der Waals surface area contributed by atoms with Gasteiger partial charge in [0.25, 0.3) is 0 Å². The molecule has 0 fully saturated rings. The fourth-order valence-electron chi connectivity index (χ4n) is 10.1. The van der Waals surface area contributed by atoms with Crippen molar-refractivity contribution in [2.24, 2.45) is 0 Å². The van der Waals surface area contributed by atoms with E-state index in [9.17, 15) is 21.0 Å². The predicted molar refractivity (Wildman–Crippen MR) is 304 cm³/mol. The number of rotatable bonds is 34. The molecule has 0 aliphatic heterocycles. The molecule has 0 unspecified atom stereocenters. The third-order valence-corrected chi connectivity index (χ3v) is 14.2. The summed E-state index contributed by atoms with van der Waals surface area (Å²) in [5.41, 5.74) is 4.20. The van der Waals surface area contributed by atoms with Crippen LogP contribution in [0.25, 0.3) is 54.6 Å². The number of nitrogens with zero attached hydrogens (tertiary/aromatic N) is 4. The van der Waals surface area contributed by atoms with Crippen molar-refractivity contribution in [3.63, 3.8) is 0 Å². The molecule has 0 bridgehead atoms. The van der Waals surface area contributed by atoms with Gasteiger partial charge in [-0.1, -0.05) is 156 Å². The summed E-state index contributed by atoms with van der Waals surface area (Å²) in [6, 6.07) is 33.0. The van der Waals surface area contributed by atoms with Crippen LogP contribution >= 0.6 is 0 Å². The molecule has 0 N–H and O–H groups in total. The lowest BCUT2D eigenvalue weighted by atomic mass is 9.85. The third-order valence-electron chi connectivity index (χ3n) is 14.2. The minimum atomic E-state index is 0.269. The molecule has 0 spiro atoms. The molecule has 6 rings (SSSR count). The summed E-state index contributed by atoms with van der Waals surface area (Å²) in [6.45, 7) is 11.2. The zero-order valence-electron chi connectivity index (χ0n) is 45.1. The number of ether oxygens (including phenoxy) is 4. The quantitative estimate of drug-likeness (QED) is 0.0288. The van der Waals surface area contributed by atoms with E-state index in [0.29, 0.717) is 60.6 Å². The van der Waals surface area contributed by atoms with E-state index in [1.165, 1.54) is 103 Å². The van der Waals surface area contributed by atoms with Crippen LogP contribution in [0.1, 0.15) is 204 Å². The fraction of sp³-hybridized carbons (Fsp3) is 0.485. The second-order valence-electron chi connectivity index (χ2n) is 20.1. The molecule has 6 aromatic rings. The maximum atomic E-state index is 10.9. The molecule has 6 aromatic carbocycles. The van der Waals surface area contributed by atoms with Crippen LogP contribution in [-0.2, 0) is 0 Å². The number of unbranched alkanes of at least 4 members (excludes halogenated alkanes) is 20. The maximum absolute atomic E-state index is 10.9. The Hall–Kier alpha value is -6.74. The second-order valence-corrected chi connectivity index (χ2v) is 20.1. The topological polar surface area (TPSA) is 132 Å². The van der Waals surface area contributed by atoms with Crippen molar-refractivity contribution in [1.29, 1.82) is 21.0 Å². The van der Waals surface area contributed by atoms with Crippen molar-refractivity contribution in [3.05, 3.63) is 95.1 Å². The first-order valence-electron chi connectivity index (χ1n) is 28.4. The Labute approximate surface area is 443 Å². The summed E-state index contributed by atoms with van der Waals surface area (Å²) >= 11 is 0. The van der Waals surface area contributed by atoms with Crippen molar-refractivity contribution in [1.82, 2.24) is 0 Å². The van der Waals surface area contributed by atoms with Gasteiger partial charge in [0, 0.05) is 17.7 Å². The molecule has 8 heteroatoms. The van der Waals surface area contributed by atoms with Crippen LogP contribution < -0.4 is 18.9 Å². The van der Waals surface area contributed by atoms with E-state index in [0.717, 1.165) is 100 Å². The Morgan fingerprint density at radius 1 is 0.297 bits per heavy atom. The van der Waals surface area contributed by atoms with Crippen LogP contribution in [0.15, 0.2) is 72.8 Å². The van der Waals surface area contributed by atoms with E-state index in [1.807, 2.05) is 36.4 Å². The molecule has 0 saturated carbocycles. The molecule has 388 valence electrons. The molecule has 0 aromatic heterocycles. The molecule has 0 radical (unpaired) electrons. The van der Waals surface area contributed by atoms with Gasteiger partial charge in [-0.3, -0.25) is 0 Å². The van der Waals surface area contributed by atoms with Crippen molar-refractivity contribution in [2.75, 3.05) is 26.4 Å². The van der Waals surface area contributed by atoms with E-state index >= 15 is 0 Å². The summed E-state index contributed by atoms with van der Waals surface area (Å²) in [7, 11) is 0. The molecule has 0 aliphatic carbocycles. The molecule has 8 nitrogen and oxygen atoms in total. The minimum Gasteiger partial charge on any atom is -0.493 e. The smallest absolute Gasteiger partial charge is 0.123 e. The van der Waals surface area contributed by atoms with Gasteiger partial charge >= 0.3 is 0 Å². The van der Waals surface area contributed by atoms with Gasteiger partial charge in [0.1, 0.15) is 47.3 Å². The van der Waals surface area contributed by atoms with E-state index in [2.05, 4.69) is 82.3 Å². The molecule has 0 saturated heterocycles. The molecule has 0 aliphatic rings. The maximum Gasteiger partial charge on any atom is 0.123 e. The van der Waals surface area contributed by atoms with Gasteiger partial charge in [0.05, 0.1) is 48.7 Å². The number of hydrogen-bond donors (Lipinski definition) is 0. The van der Waals surface area contributed by atoms with E-state index in [1.54, 1.807) is 6.07 Å². The summed E-state index contributed by atoms with van der Waals surface area (Å²) in [6.07, 6.45) is 27.6. The van der Waals surface area contributed by atoms with Crippen LogP contribution in [0, 0.1) is 45.3 Å². The molecule has 0 atom stereocenters. The van der Waals surface area contributed by atoms with Gasteiger partial charge in [0.15, 0.2) is 0 Å². The Kier molecular flexibility index (Phi) is 23.8. The van der Waals surface area contributed by atoms with E-state index in [-0.39, 0.29) is 16.7 Å². The molecular formula is C66H80N4O4. The average molecular weight is 993 g/mol. The second kappa shape index (κ2) is 31.1. The molecule has 0 amide bonds. The van der Waals surface area contributed by atoms with Gasteiger partial charge < -0.3 is 18.9 Å². The monoisotopic (exact) mass is 993 g/mol. The predicted octanol–water partition coefficient (Wildman–Crippen LogP) is 18.9. The fourth-order valence-corrected chi connectivity index (χ4v) is 10.1. The minimum absolute atomic E-state index is 0.269. The molecular weight excluding hydrogens is 913 g/mol. The first kappa shape index (κ1) is 56.6. The number of benzene rings is 6. The SMILES string of the molecule is CCCCCCCCOc1cc(OCCCCCCCC)cc(-c2c(C#N)c(C#N)cc3cc4c(-c5cc(OCCCCCCCC)cc(OCCCCCCCC)c5)c5cc(C#N)c(C#N)cc5cc4cc23)c1. The van der Waals surface area contributed by atoms with Gasteiger partial charge in [-0.05, 0) is 135 Å². The van der Waals surface area contributed by atoms with Gasteiger partial charge in [0.2, 0.25) is 0 Å². The Morgan fingerprint density at radius 3 is 1.00 bits per heavy atom. The van der Waals surface area contributed by atoms with Crippen molar-refractivity contribution in [2.45, 2.75) is 182 Å². The van der Waals surface area contributed by atoms with Crippen LogP contribution in [0.5, 0.6) is 23.0 Å².